The second kappa shape index (κ2) is 6.22. The number of aromatic nitrogens is 1. The summed E-state index contributed by atoms with van der Waals surface area (Å²) in [5, 5.41) is 2.54. The smallest absolute Gasteiger partial charge is 0.0458 e. The maximum absolute atomic E-state index is 6.01. The van der Waals surface area contributed by atoms with Crippen molar-refractivity contribution in [2.24, 2.45) is 0 Å². The van der Waals surface area contributed by atoms with E-state index in [1.54, 1.807) is 6.07 Å². The number of rotatable bonds is 4. The number of H-pyrrole nitrogens is 1. The lowest BCUT2D eigenvalue weighted by Gasteiger charge is -2.07. The van der Waals surface area contributed by atoms with Crippen LogP contribution in [0.5, 0.6) is 0 Å². The highest BCUT2D eigenvalue weighted by Crippen LogP contribution is 2.29. The first-order chi connectivity index (χ1) is 10.2. The summed E-state index contributed by atoms with van der Waals surface area (Å²) in [5.41, 5.74) is 3.54. The highest BCUT2D eigenvalue weighted by molar-refractivity contribution is 8.00. The fourth-order valence-electron chi connectivity index (χ4n) is 2.24. The molecule has 0 saturated carbocycles. The first kappa shape index (κ1) is 14.6. The molecule has 0 fully saturated rings. The van der Waals surface area contributed by atoms with Crippen LogP contribution in [-0.4, -0.2) is 4.98 Å². The number of aromatic amines is 1. The molecule has 0 bridgehead atoms. The number of nitrogens with one attached hydrogen (secondary N) is 2. The minimum Gasteiger partial charge on any atom is -0.361 e. The van der Waals surface area contributed by atoms with E-state index < -0.39 is 0 Å². The summed E-state index contributed by atoms with van der Waals surface area (Å²) < 4.78 is 3.33. The van der Waals surface area contributed by atoms with Crippen molar-refractivity contribution in [2.45, 2.75) is 18.2 Å². The second-order valence-electron chi connectivity index (χ2n) is 4.74. The maximum Gasteiger partial charge on any atom is 0.0458 e. The Kier molecular flexibility index (Phi) is 4.34. The van der Waals surface area contributed by atoms with Crippen molar-refractivity contribution in [2.75, 3.05) is 4.72 Å². The lowest BCUT2D eigenvalue weighted by atomic mass is 10.1. The van der Waals surface area contributed by atoms with Crippen LogP contribution in [0.4, 0.5) is 5.69 Å². The Morgan fingerprint density at radius 1 is 1.10 bits per heavy atom. The van der Waals surface area contributed by atoms with Crippen molar-refractivity contribution in [1.29, 1.82) is 0 Å². The molecule has 2 aromatic carbocycles. The first-order valence-corrected chi connectivity index (χ1v) is 8.22. The third-order valence-electron chi connectivity index (χ3n) is 3.27. The highest BCUT2D eigenvalue weighted by Gasteiger charge is 2.04. The molecule has 2 N–H and O–H groups in total. The molecular formula is C16H14Cl2N2S. The van der Waals surface area contributed by atoms with E-state index in [9.17, 15) is 0 Å². The zero-order chi connectivity index (χ0) is 14.8. The van der Waals surface area contributed by atoms with E-state index in [1.807, 2.05) is 12.1 Å². The van der Waals surface area contributed by atoms with Crippen molar-refractivity contribution in [1.82, 2.24) is 4.98 Å². The monoisotopic (exact) mass is 336 g/mol. The predicted octanol–water partition coefficient (Wildman–Crippen LogP) is 6.16. The second-order valence-corrected chi connectivity index (χ2v) is 6.49. The Morgan fingerprint density at radius 2 is 1.86 bits per heavy atom. The standard InChI is InChI=1S/C16H14Cl2N2S/c1-2-10-9-19-16-4-3-13(8-15(10)16)20-21-14-6-11(17)5-12(18)7-14/h3-9,19-20H,2H2,1H3. The number of benzene rings is 2. The topological polar surface area (TPSA) is 27.8 Å². The predicted molar refractivity (Wildman–Crippen MR) is 93.6 cm³/mol. The van der Waals surface area contributed by atoms with Crippen molar-refractivity contribution in [3.05, 3.63) is 58.2 Å². The molecule has 0 aliphatic carbocycles. The third-order valence-corrected chi connectivity index (χ3v) is 4.52. The molecule has 2 nitrogen and oxygen atoms in total. The van der Waals surface area contributed by atoms with Crippen molar-refractivity contribution >= 4 is 51.7 Å². The third kappa shape index (κ3) is 3.31. The van der Waals surface area contributed by atoms with E-state index in [1.165, 1.54) is 22.9 Å². The van der Waals surface area contributed by atoms with E-state index in [-0.39, 0.29) is 0 Å². The molecular weight excluding hydrogens is 323 g/mol. The first-order valence-electron chi connectivity index (χ1n) is 6.64. The lowest BCUT2D eigenvalue weighted by molar-refractivity contribution is 1.15. The zero-order valence-electron chi connectivity index (χ0n) is 11.4. The average molecular weight is 337 g/mol. The number of hydrogen-bond donors (Lipinski definition) is 2. The number of fused-ring (bicyclic) bond motifs is 1. The SMILES string of the molecule is CCc1c[nH]c2ccc(NSc3cc(Cl)cc(Cl)c3)cc12. The van der Waals surface area contributed by atoms with Gasteiger partial charge in [0.05, 0.1) is 0 Å². The minimum absolute atomic E-state index is 0.640. The quantitative estimate of drug-likeness (QED) is 0.558. The zero-order valence-corrected chi connectivity index (χ0v) is 13.7. The highest BCUT2D eigenvalue weighted by atomic mass is 35.5. The van der Waals surface area contributed by atoms with Gasteiger partial charge in [0, 0.05) is 37.7 Å². The van der Waals surface area contributed by atoms with Crippen molar-refractivity contribution < 1.29 is 0 Å². The molecule has 0 unspecified atom stereocenters. The van der Waals surface area contributed by atoms with Gasteiger partial charge in [-0.3, -0.25) is 0 Å². The van der Waals surface area contributed by atoms with Gasteiger partial charge in [-0.2, -0.15) is 0 Å². The fraction of sp³-hybridized carbons (Fsp3) is 0.125. The Balaban J connectivity index is 1.81. The van der Waals surface area contributed by atoms with E-state index >= 15 is 0 Å². The maximum atomic E-state index is 6.01. The molecule has 0 atom stereocenters. The van der Waals surface area contributed by atoms with E-state index in [0.717, 1.165) is 22.5 Å². The van der Waals surface area contributed by atoms with E-state index in [0.29, 0.717) is 10.0 Å². The van der Waals surface area contributed by atoms with Crippen molar-refractivity contribution in [3.8, 4) is 0 Å². The van der Waals surface area contributed by atoms with Crippen LogP contribution in [0.2, 0.25) is 10.0 Å². The molecule has 0 saturated heterocycles. The summed E-state index contributed by atoms with van der Waals surface area (Å²) in [6.45, 7) is 2.16. The summed E-state index contributed by atoms with van der Waals surface area (Å²) in [4.78, 5) is 4.27. The Bertz CT molecular complexity index is 763. The summed E-state index contributed by atoms with van der Waals surface area (Å²) >= 11 is 13.5. The van der Waals surface area contributed by atoms with Gasteiger partial charge in [0.2, 0.25) is 0 Å². The van der Waals surface area contributed by atoms with E-state index in [2.05, 4.69) is 41.0 Å². The molecule has 3 rings (SSSR count). The molecule has 108 valence electrons. The van der Waals surface area contributed by atoms with Crippen LogP contribution in [0.25, 0.3) is 10.9 Å². The van der Waals surface area contributed by atoms with Gasteiger partial charge in [-0.05, 0) is 60.3 Å². The molecule has 0 amide bonds. The molecule has 1 aromatic heterocycles. The van der Waals surface area contributed by atoms with Crippen LogP contribution < -0.4 is 4.72 Å². The molecule has 5 heteroatoms. The normalized spacial score (nSPS) is 11.0. The number of aryl methyl sites for hydroxylation is 1. The van der Waals surface area contributed by atoms with Crippen LogP contribution in [0, 0.1) is 0 Å². The molecule has 21 heavy (non-hydrogen) atoms. The van der Waals surface area contributed by atoms with Gasteiger partial charge in [-0.25, -0.2) is 0 Å². The van der Waals surface area contributed by atoms with Crippen LogP contribution in [0.1, 0.15) is 12.5 Å². The van der Waals surface area contributed by atoms with Gasteiger partial charge in [-0.1, -0.05) is 30.1 Å². The number of hydrogen-bond acceptors (Lipinski definition) is 2. The number of halogens is 2. The number of anilines is 1. The van der Waals surface area contributed by atoms with Crippen molar-refractivity contribution in [3.63, 3.8) is 0 Å². The van der Waals surface area contributed by atoms with Crippen LogP contribution in [0.3, 0.4) is 0 Å². The van der Waals surface area contributed by atoms with Crippen LogP contribution in [0.15, 0.2) is 47.5 Å². The van der Waals surface area contributed by atoms with Gasteiger partial charge in [-0.15, -0.1) is 0 Å². The molecule has 0 radical (unpaired) electrons. The van der Waals surface area contributed by atoms with Crippen LogP contribution >= 0.6 is 35.1 Å². The van der Waals surface area contributed by atoms with Gasteiger partial charge in [0.1, 0.15) is 0 Å². The molecule has 0 spiro atoms. The fourth-order valence-corrected chi connectivity index (χ4v) is 3.63. The minimum atomic E-state index is 0.640. The lowest BCUT2D eigenvalue weighted by Crippen LogP contribution is -1.87. The van der Waals surface area contributed by atoms with E-state index in [4.69, 9.17) is 23.2 Å². The van der Waals surface area contributed by atoms with Gasteiger partial charge < -0.3 is 9.71 Å². The Hall–Kier alpha value is -1.29. The molecule has 0 aliphatic rings. The molecule has 3 aromatic rings. The summed E-state index contributed by atoms with van der Waals surface area (Å²) in [7, 11) is 0. The largest absolute Gasteiger partial charge is 0.361 e. The molecule has 0 aliphatic heterocycles. The van der Waals surface area contributed by atoms with Gasteiger partial charge >= 0.3 is 0 Å². The average Bonchev–Trinajstić information content (AvgIpc) is 2.86. The van der Waals surface area contributed by atoms with Crippen LogP contribution in [-0.2, 0) is 6.42 Å². The van der Waals surface area contributed by atoms with Gasteiger partial charge in [0.25, 0.3) is 0 Å². The summed E-state index contributed by atoms with van der Waals surface area (Å²) in [6, 6.07) is 11.8. The molecule has 1 heterocycles. The summed E-state index contributed by atoms with van der Waals surface area (Å²) in [5.74, 6) is 0. The Labute approximate surface area is 138 Å². The van der Waals surface area contributed by atoms with Gasteiger partial charge in [0.15, 0.2) is 0 Å². The summed E-state index contributed by atoms with van der Waals surface area (Å²) in [6.07, 6.45) is 3.08. The Morgan fingerprint density at radius 3 is 2.57 bits per heavy atom.